The van der Waals surface area contributed by atoms with Crippen LogP contribution in [0.4, 0.5) is 0 Å². The summed E-state index contributed by atoms with van der Waals surface area (Å²) >= 11 is 1.34. The van der Waals surface area contributed by atoms with E-state index in [1.54, 1.807) is 0 Å². The fourth-order valence-corrected chi connectivity index (χ4v) is 5.29. The van der Waals surface area contributed by atoms with E-state index < -0.39 is 0 Å². The van der Waals surface area contributed by atoms with Gasteiger partial charge in [-0.25, -0.2) is 0 Å². The Kier molecular flexibility index (Phi) is 8.86. The van der Waals surface area contributed by atoms with E-state index in [-0.39, 0.29) is 5.12 Å². The summed E-state index contributed by atoms with van der Waals surface area (Å²) in [5.41, 5.74) is 3.59. The smallest absolute Gasteiger partial charge is 0.224 e. The van der Waals surface area contributed by atoms with Crippen molar-refractivity contribution >= 4 is 16.9 Å². The molecule has 1 fully saturated rings. The summed E-state index contributed by atoms with van der Waals surface area (Å²) in [6, 6.07) is 17.0. The third-order valence-electron chi connectivity index (χ3n) is 6.36. The zero-order valence-electron chi connectivity index (χ0n) is 18.2. The Morgan fingerprint density at radius 3 is 2.17 bits per heavy atom. The van der Waals surface area contributed by atoms with E-state index in [1.807, 2.05) is 12.1 Å². The van der Waals surface area contributed by atoms with Crippen LogP contribution in [0, 0.1) is 5.92 Å². The molecule has 2 aromatic rings. The second-order valence-corrected chi connectivity index (χ2v) is 9.67. The number of rotatable bonds is 9. The van der Waals surface area contributed by atoms with Crippen LogP contribution in [0.15, 0.2) is 53.4 Å². The highest BCUT2D eigenvalue weighted by molar-refractivity contribution is 8.14. The molecule has 1 nitrogen and oxygen atoms in total. The standard InChI is InChI=1S/C27H36OS/c1-3-5-6-8-22-11-19-26(20-12-22)29-27(28)25-17-15-24(16-18-25)23-13-9-21(7-4-2)10-14-23/h11-12,15-21,23H,3-10,13-14H2,1-2H3/t21-,23-. The number of hydrogen-bond donors (Lipinski definition) is 0. The van der Waals surface area contributed by atoms with Crippen LogP contribution >= 0.6 is 11.8 Å². The van der Waals surface area contributed by atoms with Crippen LogP contribution in [0.1, 0.15) is 99.0 Å². The monoisotopic (exact) mass is 408 g/mol. The number of benzene rings is 2. The van der Waals surface area contributed by atoms with E-state index in [0.29, 0.717) is 5.92 Å². The maximum Gasteiger partial charge on any atom is 0.224 e. The van der Waals surface area contributed by atoms with Crippen LogP contribution < -0.4 is 0 Å². The van der Waals surface area contributed by atoms with Crippen molar-refractivity contribution in [2.75, 3.05) is 0 Å². The second kappa shape index (κ2) is 11.6. The summed E-state index contributed by atoms with van der Waals surface area (Å²) in [7, 11) is 0. The van der Waals surface area contributed by atoms with Gasteiger partial charge in [-0.3, -0.25) is 4.79 Å². The Morgan fingerprint density at radius 2 is 1.55 bits per heavy atom. The van der Waals surface area contributed by atoms with Gasteiger partial charge in [0.05, 0.1) is 0 Å². The van der Waals surface area contributed by atoms with Crippen molar-refractivity contribution in [3.63, 3.8) is 0 Å². The minimum atomic E-state index is 0.141. The van der Waals surface area contributed by atoms with Gasteiger partial charge in [0.1, 0.15) is 0 Å². The van der Waals surface area contributed by atoms with Gasteiger partial charge in [0, 0.05) is 10.5 Å². The lowest BCUT2D eigenvalue weighted by Gasteiger charge is -2.28. The number of aryl methyl sites for hydroxylation is 1. The van der Waals surface area contributed by atoms with Crippen LogP contribution in [0.25, 0.3) is 0 Å². The SMILES string of the molecule is CCCCCc1ccc(SC(=O)c2ccc([C@H]3CC[C@H](CCC)CC3)cc2)cc1. The summed E-state index contributed by atoms with van der Waals surface area (Å²) < 4.78 is 0. The molecule has 0 amide bonds. The van der Waals surface area contributed by atoms with Crippen molar-refractivity contribution in [3.8, 4) is 0 Å². The number of carbonyl (C=O) groups is 1. The summed E-state index contributed by atoms with van der Waals surface area (Å²) in [5, 5.41) is 0.141. The molecule has 0 N–H and O–H groups in total. The molecule has 1 saturated carbocycles. The lowest BCUT2D eigenvalue weighted by molar-refractivity contribution is 0.108. The number of unbranched alkanes of at least 4 members (excludes halogenated alkanes) is 2. The quantitative estimate of drug-likeness (QED) is 0.306. The molecular weight excluding hydrogens is 372 g/mol. The molecule has 0 saturated heterocycles. The molecule has 1 aliphatic rings. The molecule has 29 heavy (non-hydrogen) atoms. The van der Waals surface area contributed by atoms with Crippen molar-refractivity contribution in [2.45, 2.75) is 88.9 Å². The number of carbonyl (C=O) groups excluding carboxylic acids is 1. The van der Waals surface area contributed by atoms with Gasteiger partial charge in [0.25, 0.3) is 0 Å². The molecule has 0 aromatic heterocycles. The van der Waals surface area contributed by atoms with Crippen molar-refractivity contribution < 1.29 is 4.79 Å². The van der Waals surface area contributed by atoms with Gasteiger partial charge in [-0.15, -0.1) is 0 Å². The Labute approximate surface area is 181 Å². The Morgan fingerprint density at radius 1 is 0.862 bits per heavy atom. The van der Waals surface area contributed by atoms with Crippen LogP contribution in [-0.2, 0) is 6.42 Å². The molecule has 1 aliphatic carbocycles. The van der Waals surface area contributed by atoms with Gasteiger partial charge in [0.15, 0.2) is 0 Å². The predicted octanol–water partition coefficient (Wildman–Crippen LogP) is 8.43. The van der Waals surface area contributed by atoms with Gasteiger partial charge < -0.3 is 0 Å². The second-order valence-electron chi connectivity index (χ2n) is 8.62. The molecule has 3 rings (SSSR count). The molecule has 0 bridgehead atoms. The highest BCUT2D eigenvalue weighted by Gasteiger charge is 2.22. The first-order valence-electron chi connectivity index (χ1n) is 11.6. The molecule has 2 heteroatoms. The number of hydrogen-bond acceptors (Lipinski definition) is 2. The molecule has 0 aliphatic heterocycles. The first-order valence-corrected chi connectivity index (χ1v) is 12.4. The zero-order chi connectivity index (χ0) is 20.5. The van der Waals surface area contributed by atoms with Crippen molar-refractivity contribution in [3.05, 3.63) is 65.2 Å². The number of thioether (sulfide) groups is 1. The predicted molar refractivity (Wildman–Crippen MR) is 126 cm³/mol. The maximum atomic E-state index is 12.7. The third-order valence-corrected chi connectivity index (χ3v) is 7.29. The van der Waals surface area contributed by atoms with Gasteiger partial charge in [-0.05, 0) is 85.4 Å². The summed E-state index contributed by atoms with van der Waals surface area (Å²) in [5.74, 6) is 1.62. The molecule has 156 valence electrons. The van der Waals surface area contributed by atoms with E-state index >= 15 is 0 Å². The van der Waals surface area contributed by atoms with Gasteiger partial charge >= 0.3 is 0 Å². The average Bonchev–Trinajstić information content (AvgIpc) is 2.76. The molecule has 0 atom stereocenters. The summed E-state index contributed by atoms with van der Waals surface area (Å²) in [4.78, 5) is 13.7. The minimum absolute atomic E-state index is 0.141. The van der Waals surface area contributed by atoms with Gasteiger partial charge in [0.2, 0.25) is 5.12 Å². The largest absolute Gasteiger partial charge is 0.281 e. The zero-order valence-corrected chi connectivity index (χ0v) is 19.0. The van der Waals surface area contributed by atoms with Crippen molar-refractivity contribution in [1.82, 2.24) is 0 Å². The summed E-state index contributed by atoms with van der Waals surface area (Å²) in [6.45, 7) is 4.53. The highest BCUT2D eigenvalue weighted by atomic mass is 32.2. The molecule has 2 aromatic carbocycles. The minimum Gasteiger partial charge on any atom is -0.281 e. The average molecular weight is 409 g/mol. The lowest BCUT2D eigenvalue weighted by atomic mass is 9.77. The Balaban J connectivity index is 1.51. The Hall–Kier alpha value is -1.54. The summed E-state index contributed by atoms with van der Waals surface area (Å²) in [6.07, 6.45) is 12.9. The molecule has 0 heterocycles. The highest BCUT2D eigenvalue weighted by Crippen LogP contribution is 2.37. The van der Waals surface area contributed by atoms with Crippen LogP contribution in [0.2, 0.25) is 0 Å². The first kappa shape index (κ1) is 22.2. The molecule has 0 unspecified atom stereocenters. The van der Waals surface area contributed by atoms with Crippen LogP contribution in [0.3, 0.4) is 0 Å². The van der Waals surface area contributed by atoms with E-state index in [1.165, 1.54) is 80.7 Å². The van der Waals surface area contributed by atoms with E-state index in [2.05, 4.69) is 50.2 Å². The van der Waals surface area contributed by atoms with Crippen LogP contribution in [-0.4, -0.2) is 5.12 Å². The van der Waals surface area contributed by atoms with Gasteiger partial charge in [-0.1, -0.05) is 75.9 Å². The lowest BCUT2D eigenvalue weighted by Crippen LogP contribution is -2.13. The van der Waals surface area contributed by atoms with E-state index in [9.17, 15) is 4.79 Å². The van der Waals surface area contributed by atoms with Gasteiger partial charge in [-0.2, -0.15) is 0 Å². The fourth-order valence-electron chi connectivity index (χ4n) is 4.55. The van der Waals surface area contributed by atoms with Crippen LogP contribution in [0.5, 0.6) is 0 Å². The van der Waals surface area contributed by atoms with Crippen molar-refractivity contribution in [2.24, 2.45) is 5.92 Å². The normalized spacial score (nSPS) is 19.2. The van der Waals surface area contributed by atoms with E-state index in [4.69, 9.17) is 0 Å². The van der Waals surface area contributed by atoms with Crippen molar-refractivity contribution in [1.29, 1.82) is 0 Å². The molecule has 0 spiro atoms. The topological polar surface area (TPSA) is 17.1 Å². The molecular formula is C27H36OS. The third kappa shape index (κ3) is 6.74. The van der Waals surface area contributed by atoms with E-state index in [0.717, 1.165) is 22.8 Å². The Bertz CT molecular complexity index is 739. The fraction of sp³-hybridized carbons (Fsp3) is 0.519. The maximum absolute atomic E-state index is 12.7. The molecule has 0 radical (unpaired) electrons. The first-order chi connectivity index (χ1) is 14.2.